The molecule has 0 aliphatic rings. The first-order valence-corrected chi connectivity index (χ1v) is 8.02. The summed E-state index contributed by atoms with van der Waals surface area (Å²) in [5.41, 5.74) is 1.67. The summed E-state index contributed by atoms with van der Waals surface area (Å²) in [4.78, 5) is 27.9. The van der Waals surface area contributed by atoms with E-state index in [1.807, 2.05) is 37.3 Å². The first kappa shape index (κ1) is 16.0. The number of carbonyl (C=O) groups is 1. The number of aromatic nitrogens is 3. The highest BCUT2D eigenvalue weighted by atomic mass is 16.5. The van der Waals surface area contributed by atoms with Crippen molar-refractivity contribution in [3.63, 3.8) is 0 Å². The molecule has 0 bridgehead atoms. The molecule has 0 amide bonds. The van der Waals surface area contributed by atoms with Crippen molar-refractivity contribution in [2.24, 2.45) is 0 Å². The van der Waals surface area contributed by atoms with Crippen molar-refractivity contribution >= 4 is 17.0 Å². The molecule has 0 saturated carbocycles. The molecule has 0 saturated heterocycles. The van der Waals surface area contributed by atoms with Gasteiger partial charge in [0.2, 0.25) is 5.43 Å². The maximum Gasteiger partial charge on any atom is 0.343 e. The Labute approximate surface area is 139 Å². The number of rotatable bonds is 5. The average Bonchev–Trinajstić information content (AvgIpc) is 2.96. The van der Waals surface area contributed by atoms with Gasteiger partial charge in [-0.1, -0.05) is 37.3 Å². The van der Waals surface area contributed by atoms with Crippen LogP contribution in [0.25, 0.3) is 22.3 Å². The van der Waals surface area contributed by atoms with E-state index in [2.05, 4.69) is 10.1 Å². The van der Waals surface area contributed by atoms with E-state index >= 15 is 0 Å². The van der Waals surface area contributed by atoms with E-state index in [0.29, 0.717) is 23.3 Å². The maximum absolute atomic E-state index is 12.9. The van der Waals surface area contributed by atoms with E-state index in [-0.39, 0.29) is 17.6 Å². The van der Waals surface area contributed by atoms with Gasteiger partial charge in [-0.05, 0) is 13.3 Å². The first-order chi connectivity index (χ1) is 11.7. The highest BCUT2D eigenvalue weighted by Crippen LogP contribution is 2.25. The number of hydrogen-bond donors (Lipinski definition) is 1. The van der Waals surface area contributed by atoms with Crippen LogP contribution < -0.4 is 5.43 Å². The highest BCUT2D eigenvalue weighted by Gasteiger charge is 2.21. The van der Waals surface area contributed by atoms with E-state index < -0.39 is 5.97 Å². The molecule has 2 heterocycles. The Morgan fingerprint density at radius 1 is 1.25 bits per heavy atom. The molecule has 0 spiro atoms. The Hall–Kier alpha value is -2.89. The number of hydrogen-bond acceptors (Lipinski definition) is 4. The summed E-state index contributed by atoms with van der Waals surface area (Å²) in [6.45, 7) is 4.65. The number of esters is 1. The summed E-state index contributed by atoms with van der Waals surface area (Å²) in [5, 5.41) is 5.01. The molecule has 3 aromatic rings. The maximum atomic E-state index is 12.9. The Kier molecular flexibility index (Phi) is 4.46. The van der Waals surface area contributed by atoms with Crippen LogP contribution in [0.1, 0.15) is 30.6 Å². The van der Waals surface area contributed by atoms with Gasteiger partial charge < -0.3 is 9.72 Å². The van der Waals surface area contributed by atoms with Gasteiger partial charge in [0, 0.05) is 18.3 Å². The zero-order valence-electron chi connectivity index (χ0n) is 13.7. The van der Waals surface area contributed by atoms with E-state index in [0.717, 1.165) is 12.0 Å². The standard InChI is InChI=1S/C18H19N3O3/c1-3-10-21-17-14(15(20-21)12-8-6-5-7-9-12)16(22)13(11-19-17)18(23)24-4-2/h5-9,11H,3-4,10H2,1-2H3,(H,19,22). The van der Waals surface area contributed by atoms with Crippen molar-refractivity contribution in [3.8, 4) is 11.3 Å². The van der Waals surface area contributed by atoms with E-state index in [9.17, 15) is 9.59 Å². The molecular formula is C18H19N3O3. The minimum atomic E-state index is -0.622. The minimum absolute atomic E-state index is 0.00224. The van der Waals surface area contributed by atoms with Crippen molar-refractivity contribution in [1.29, 1.82) is 0 Å². The molecule has 0 fully saturated rings. The third-order valence-corrected chi connectivity index (χ3v) is 3.76. The van der Waals surface area contributed by atoms with Crippen LogP contribution in [0.4, 0.5) is 0 Å². The Morgan fingerprint density at radius 3 is 2.67 bits per heavy atom. The van der Waals surface area contributed by atoms with Crippen LogP contribution in [0.3, 0.4) is 0 Å². The van der Waals surface area contributed by atoms with E-state index in [1.165, 1.54) is 6.20 Å². The van der Waals surface area contributed by atoms with Gasteiger partial charge in [0.05, 0.1) is 12.0 Å². The summed E-state index contributed by atoms with van der Waals surface area (Å²) in [6, 6.07) is 9.48. The minimum Gasteiger partial charge on any atom is -0.462 e. The molecule has 6 nitrogen and oxygen atoms in total. The summed E-state index contributed by atoms with van der Waals surface area (Å²) >= 11 is 0. The number of carbonyl (C=O) groups excluding carboxylic acids is 1. The Balaban J connectivity index is 2.29. The van der Waals surface area contributed by atoms with Crippen molar-refractivity contribution in [2.45, 2.75) is 26.8 Å². The largest absolute Gasteiger partial charge is 0.462 e. The molecule has 0 aliphatic carbocycles. The average molecular weight is 325 g/mol. The van der Waals surface area contributed by atoms with Gasteiger partial charge in [-0.3, -0.25) is 4.79 Å². The second-order valence-corrected chi connectivity index (χ2v) is 5.41. The molecule has 0 aliphatic heterocycles. The number of nitrogens with one attached hydrogen (secondary N) is 1. The van der Waals surface area contributed by atoms with Crippen molar-refractivity contribution in [2.75, 3.05) is 6.61 Å². The third-order valence-electron chi connectivity index (χ3n) is 3.76. The number of nitrogens with zero attached hydrogens (tertiary/aromatic N) is 2. The van der Waals surface area contributed by atoms with E-state index in [1.54, 1.807) is 11.6 Å². The lowest BCUT2D eigenvalue weighted by Gasteiger charge is -2.03. The Bertz CT molecular complexity index is 926. The smallest absolute Gasteiger partial charge is 0.343 e. The number of H-pyrrole nitrogens is 1. The van der Waals surface area contributed by atoms with Gasteiger partial charge in [-0.15, -0.1) is 0 Å². The van der Waals surface area contributed by atoms with Crippen LogP contribution in [0.15, 0.2) is 41.3 Å². The van der Waals surface area contributed by atoms with Gasteiger partial charge in [-0.25, -0.2) is 9.48 Å². The van der Waals surface area contributed by atoms with Crippen LogP contribution in [0.2, 0.25) is 0 Å². The summed E-state index contributed by atoms with van der Waals surface area (Å²) in [5.74, 6) is -0.622. The normalized spacial score (nSPS) is 10.9. The molecule has 3 rings (SSSR count). The lowest BCUT2D eigenvalue weighted by Crippen LogP contribution is -2.18. The molecular weight excluding hydrogens is 306 g/mol. The summed E-state index contributed by atoms with van der Waals surface area (Å²) < 4.78 is 6.74. The van der Waals surface area contributed by atoms with Gasteiger partial charge in [0.25, 0.3) is 0 Å². The second kappa shape index (κ2) is 6.70. The van der Waals surface area contributed by atoms with Gasteiger partial charge in [-0.2, -0.15) is 5.10 Å². The Morgan fingerprint density at radius 2 is 2.00 bits per heavy atom. The van der Waals surface area contributed by atoms with Gasteiger partial charge >= 0.3 is 5.97 Å². The lowest BCUT2D eigenvalue weighted by atomic mass is 10.1. The van der Waals surface area contributed by atoms with Crippen LogP contribution in [-0.2, 0) is 11.3 Å². The number of benzene rings is 1. The molecule has 24 heavy (non-hydrogen) atoms. The zero-order valence-corrected chi connectivity index (χ0v) is 13.7. The third kappa shape index (κ3) is 2.71. The predicted molar refractivity (Wildman–Crippen MR) is 92.0 cm³/mol. The highest BCUT2D eigenvalue weighted by molar-refractivity contribution is 5.97. The van der Waals surface area contributed by atoms with Crippen molar-refractivity contribution < 1.29 is 9.53 Å². The van der Waals surface area contributed by atoms with Gasteiger partial charge in [0.1, 0.15) is 16.9 Å². The van der Waals surface area contributed by atoms with Crippen molar-refractivity contribution in [3.05, 3.63) is 52.3 Å². The van der Waals surface area contributed by atoms with Crippen LogP contribution in [0.5, 0.6) is 0 Å². The van der Waals surface area contributed by atoms with Crippen LogP contribution >= 0.6 is 0 Å². The number of aryl methyl sites for hydroxylation is 1. The van der Waals surface area contributed by atoms with Crippen LogP contribution in [0, 0.1) is 0 Å². The predicted octanol–water partition coefficient (Wildman–Crippen LogP) is 2.98. The number of fused-ring (bicyclic) bond motifs is 1. The number of pyridine rings is 1. The number of ether oxygens (including phenoxy) is 1. The zero-order chi connectivity index (χ0) is 17.1. The molecule has 2 aromatic heterocycles. The summed E-state index contributed by atoms with van der Waals surface area (Å²) in [7, 11) is 0. The first-order valence-electron chi connectivity index (χ1n) is 8.02. The molecule has 6 heteroatoms. The molecule has 0 radical (unpaired) electrons. The fraction of sp³-hybridized carbons (Fsp3) is 0.278. The van der Waals surface area contributed by atoms with Crippen molar-refractivity contribution in [1.82, 2.24) is 14.8 Å². The summed E-state index contributed by atoms with van der Waals surface area (Å²) in [6.07, 6.45) is 2.29. The fourth-order valence-electron chi connectivity index (χ4n) is 2.70. The molecule has 0 atom stereocenters. The quantitative estimate of drug-likeness (QED) is 0.732. The molecule has 124 valence electrons. The van der Waals surface area contributed by atoms with Crippen LogP contribution in [-0.4, -0.2) is 27.3 Å². The molecule has 1 N–H and O–H groups in total. The SMILES string of the molecule is CCCn1nc(-c2ccccc2)c2c(=O)c(C(=O)OCC)c[nH]c21. The fourth-order valence-corrected chi connectivity index (χ4v) is 2.70. The molecule has 1 aromatic carbocycles. The topological polar surface area (TPSA) is 77.0 Å². The molecule has 0 unspecified atom stereocenters. The van der Waals surface area contributed by atoms with E-state index in [4.69, 9.17) is 4.74 Å². The monoisotopic (exact) mass is 325 g/mol. The second-order valence-electron chi connectivity index (χ2n) is 5.41. The lowest BCUT2D eigenvalue weighted by molar-refractivity contribution is 0.0524. The number of aromatic amines is 1. The van der Waals surface area contributed by atoms with Gasteiger partial charge in [0.15, 0.2) is 0 Å².